The fourth-order valence-electron chi connectivity index (χ4n) is 2.90. The summed E-state index contributed by atoms with van der Waals surface area (Å²) in [5, 5.41) is 10.00. The smallest absolute Gasteiger partial charge is 0.114 e. The van der Waals surface area contributed by atoms with Gasteiger partial charge in [-0.2, -0.15) is 11.8 Å². The zero-order valence-electron chi connectivity index (χ0n) is 10.1. The van der Waals surface area contributed by atoms with Crippen molar-refractivity contribution in [1.82, 2.24) is 9.55 Å². The van der Waals surface area contributed by atoms with Crippen LogP contribution in [0.15, 0.2) is 6.20 Å². The average Bonchev–Trinajstić information content (AvgIpc) is 2.83. The summed E-state index contributed by atoms with van der Waals surface area (Å²) in [5.74, 6) is 2.67. The van der Waals surface area contributed by atoms with Crippen LogP contribution in [0, 0.1) is 0 Å². The minimum atomic E-state index is 0.244. The van der Waals surface area contributed by atoms with Crippen LogP contribution >= 0.6 is 11.8 Å². The molecule has 17 heavy (non-hydrogen) atoms. The molecule has 0 saturated carbocycles. The summed E-state index contributed by atoms with van der Waals surface area (Å²) in [6, 6.07) is 0. The van der Waals surface area contributed by atoms with Crippen LogP contribution in [0.25, 0.3) is 0 Å². The lowest BCUT2D eigenvalue weighted by Gasteiger charge is -2.21. The number of aliphatic hydroxyl groups is 1. The lowest BCUT2D eigenvalue weighted by atomic mass is 10.0. The van der Waals surface area contributed by atoms with Crippen molar-refractivity contribution in [3.05, 3.63) is 17.7 Å². The third kappa shape index (κ3) is 2.25. The molecule has 4 heteroatoms. The Morgan fingerprint density at radius 3 is 3.06 bits per heavy atom. The van der Waals surface area contributed by atoms with E-state index in [0.717, 1.165) is 18.8 Å². The van der Waals surface area contributed by atoms with Crippen LogP contribution in [-0.2, 0) is 6.54 Å². The molecule has 1 aromatic rings. The highest BCUT2D eigenvalue weighted by Gasteiger charge is 2.25. The first-order valence-corrected chi connectivity index (χ1v) is 7.73. The fourth-order valence-corrected chi connectivity index (χ4v) is 4.17. The molecule has 2 aliphatic heterocycles. The maximum Gasteiger partial charge on any atom is 0.114 e. The van der Waals surface area contributed by atoms with E-state index in [1.54, 1.807) is 0 Å². The molecule has 1 N–H and O–H groups in total. The second-order valence-corrected chi connectivity index (χ2v) is 6.40. The van der Waals surface area contributed by atoms with Crippen molar-refractivity contribution in [2.24, 2.45) is 0 Å². The van der Waals surface area contributed by atoms with E-state index in [9.17, 15) is 5.11 Å². The molecule has 2 unspecified atom stereocenters. The van der Waals surface area contributed by atoms with E-state index >= 15 is 0 Å². The number of rotatable bonds is 2. The number of imidazole rings is 1. The van der Waals surface area contributed by atoms with Crippen molar-refractivity contribution in [2.75, 3.05) is 12.4 Å². The van der Waals surface area contributed by atoms with Crippen LogP contribution in [0.3, 0.4) is 0 Å². The Hall–Kier alpha value is -0.480. The Morgan fingerprint density at radius 1 is 1.35 bits per heavy atom. The van der Waals surface area contributed by atoms with Crippen LogP contribution < -0.4 is 0 Å². The van der Waals surface area contributed by atoms with Crippen LogP contribution in [0.4, 0.5) is 0 Å². The van der Waals surface area contributed by atoms with Gasteiger partial charge in [0.05, 0.1) is 12.3 Å². The van der Waals surface area contributed by atoms with Gasteiger partial charge in [0.25, 0.3) is 0 Å². The molecule has 2 aliphatic rings. The molecule has 0 spiro atoms. The molecule has 94 valence electrons. The van der Waals surface area contributed by atoms with Crippen molar-refractivity contribution in [3.8, 4) is 0 Å². The van der Waals surface area contributed by atoms with Crippen molar-refractivity contribution in [1.29, 1.82) is 0 Å². The molecule has 0 amide bonds. The van der Waals surface area contributed by atoms with Crippen LogP contribution in [0.5, 0.6) is 0 Å². The summed E-state index contributed by atoms with van der Waals surface area (Å²) in [6.45, 7) is 1.32. The normalized spacial score (nSPS) is 29.0. The van der Waals surface area contributed by atoms with Crippen molar-refractivity contribution < 1.29 is 5.11 Å². The van der Waals surface area contributed by atoms with Gasteiger partial charge in [0, 0.05) is 23.9 Å². The van der Waals surface area contributed by atoms with E-state index < -0.39 is 0 Å². The molecule has 0 bridgehead atoms. The number of nitrogens with zero attached hydrogens (tertiary/aromatic N) is 2. The lowest BCUT2D eigenvalue weighted by molar-refractivity contribution is 0.238. The number of aromatic nitrogens is 2. The minimum Gasteiger partial charge on any atom is -0.396 e. The third-order valence-corrected chi connectivity index (χ3v) is 5.28. The van der Waals surface area contributed by atoms with Crippen molar-refractivity contribution in [2.45, 2.75) is 49.8 Å². The summed E-state index contributed by atoms with van der Waals surface area (Å²) < 4.78 is 2.27. The fraction of sp³-hybridized carbons (Fsp3) is 0.769. The number of aryl methyl sites for hydroxylation is 1. The monoisotopic (exact) mass is 252 g/mol. The van der Waals surface area contributed by atoms with Gasteiger partial charge >= 0.3 is 0 Å². The van der Waals surface area contributed by atoms with Crippen molar-refractivity contribution in [3.63, 3.8) is 0 Å². The van der Waals surface area contributed by atoms with Gasteiger partial charge in [-0.05, 0) is 31.4 Å². The zero-order chi connectivity index (χ0) is 11.7. The maximum absolute atomic E-state index is 9.40. The highest BCUT2D eigenvalue weighted by molar-refractivity contribution is 7.99. The average molecular weight is 252 g/mol. The Kier molecular flexibility index (Phi) is 3.43. The number of aliphatic hydroxyl groups excluding tert-OH is 1. The predicted octanol–water partition coefficient (Wildman–Crippen LogP) is 2.71. The number of thioether (sulfide) groups is 1. The molecule has 2 atom stereocenters. The van der Waals surface area contributed by atoms with E-state index in [2.05, 4.69) is 22.5 Å². The van der Waals surface area contributed by atoms with E-state index in [1.807, 2.05) is 0 Å². The van der Waals surface area contributed by atoms with E-state index in [0.29, 0.717) is 5.25 Å². The first-order chi connectivity index (χ1) is 8.38. The van der Waals surface area contributed by atoms with Gasteiger partial charge in [0.2, 0.25) is 0 Å². The molecule has 3 rings (SSSR count). The topological polar surface area (TPSA) is 38.0 Å². The third-order valence-electron chi connectivity index (χ3n) is 3.87. The summed E-state index contributed by atoms with van der Waals surface area (Å²) in [4.78, 5) is 4.81. The maximum atomic E-state index is 9.40. The Bertz CT molecular complexity index is 385. The Labute approximate surface area is 107 Å². The SMILES string of the molecule is OCC1CCCn2cc(C3CCCCS3)nc21. The minimum absolute atomic E-state index is 0.244. The number of fused-ring (bicyclic) bond motifs is 1. The summed E-state index contributed by atoms with van der Waals surface area (Å²) in [7, 11) is 0. The molecule has 3 nitrogen and oxygen atoms in total. The van der Waals surface area contributed by atoms with Gasteiger partial charge in [-0.25, -0.2) is 4.98 Å². The van der Waals surface area contributed by atoms with Gasteiger partial charge in [-0.3, -0.25) is 0 Å². The Balaban J connectivity index is 1.84. The molecule has 1 fully saturated rings. The molecular weight excluding hydrogens is 232 g/mol. The van der Waals surface area contributed by atoms with Gasteiger partial charge in [0.1, 0.15) is 5.82 Å². The molecule has 1 saturated heterocycles. The first-order valence-electron chi connectivity index (χ1n) is 6.68. The molecule has 0 radical (unpaired) electrons. The summed E-state index contributed by atoms with van der Waals surface area (Å²) in [5.41, 5.74) is 1.25. The van der Waals surface area contributed by atoms with E-state index in [-0.39, 0.29) is 12.5 Å². The predicted molar refractivity (Wildman–Crippen MR) is 70.3 cm³/mol. The molecule has 0 aromatic carbocycles. The molecular formula is C13H20N2OS. The summed E-state index contributed by atoms with van der Waals surface area (Å²) in [6.07, 6.45) is 8.46. The highest BCUT2D eigenvalue weighted by atomic mass is 32.2. The van der Waals surface area contributed by atoms with E-state index in [1.165, 1.54) is 37.1 Å². The Morgan fingerprint density at radius 2 is 2.29 bits per heavy atom. The molecule has 1 aromatic heterocycles. The van der Waals surface area contributed by atoms with Crippen LogP contribution in [-0.4, -0.2) is 27.0 Å². The number of hydrogen-bond acceptors (Lipinski definition) is 3. The van der Waals surface area contributed by atoms with E-state index in [4.69, 9.17) is 4.98 Å². The zero-order valence-corrected chi connectivity index (χ0v) is 11.0. The van der Waals surface area contributed by atoms with Crippen LogP contribution in [0.1, 0.15) is 54.8 Å². The summed E-state index contributed by atoms with van der Waals surface area (Å²) >= 11 is 2.05. The molecule has 0 aliphatic carbocycles. The first kappa shape index (κ1) is 11.6. The van der Waals surface area contributed by atoms with Crippen molar-refractivity contribution >= 4 is 11.8 Å². The van der Waals surface area contributed by atoms with Gasteiger partial charge in [-0.15, -0.1) is 0 Å². The van der Waals surface area contributed by atoms with Gasteiger partial charge < -0.3 is 9.67 Å². The van der Waals surface area contributed by atoms with Crippen LogP contribution in [0.2, 0.25) is 0 Å². The van der Waals surface area contributed by atoms with Gasteiger partial charge in [0.15, 0.2) is 0 Å². The largest absolute Gasteiger partial charge is 0.396 e. The standard InChI is InChI=1S/C13H20N2OS/c16-9-10-4-3-6-15-8-11(14-13(10)15)12-5-1-2-7-17-12/h8,10,12,16H,1-7,9H2. The number of hydrogen-bond donors (Lipinski definition) is 1. The highest BCUT2D eigenvalue weighted by Crippen LogP contribution is 2.39. The lowest BCUT2D eigenvalue weighted by Crippen LogP contribution is -2.18. The van der Waals surface area contributed by atoms with Gasteiger partial charge in [-0.1, -0.05) is 6.42 Å². The molecule has 3 heterocycles. The quantitative estimate of drug-likeness (QED) is 0.879. The second-order valence-electron chi connectivity index (χ2n) is 5.09. The second kappa shape index (κ2) is 5.02.